The monoisotopic (exact) mass is 576 g/mol. The highest BCUT2D eigenvalue weighted by Gasteiger charge is 2.24. The van der Waals surface area contributed by atoms with Crippen molar-refractivity contribution < 1.29 is 16.8 Å². The first-order valence-corrected chi connectivity index (χ1v) is 15.2. The lowest BCUT2D eigenvalue weighted by molar-refractivity contribution is 0.594. The van der Waals surface area contributed by atoms with Crippen LogP contribution in [0.5, 0.6) is 0 Å². The van der Waals surface area contributed by atoms with Gasteiger partial charge in [-0.1, -0.05) is 48.0 Å². The number of thioether (sulfide) groups is 1. The van der Waals surface area contributed by atoms with Crippen LogP contribution >= 0.6 is 23.4 Å². The van der Waals surface area contributed by atoms with E-state index in [4.69, 9.17) is 17.3 Å². The number of nitrogens with zero attached hydrogens (tertiary/aromatic N) is 3. The maximum Gasteiger partial charge on any atom is 0.286 e. The summed E-state index contributed by atoms with van der Waals surface area (Å²) in [5.41, 5.74) is 6.21. The van der Waals surface area contributed by atoms with Crippen molar-refractivity contribution in [2.75, 3.05) is 5.08 Å². The van der Waals surface area contributed by atoms with Gasteiger partial charge in [-0.3, -0.25) is 4.79 Å². The Labute approximate surface area is 223 Å². The van der Waals surface area contributed by atoms with Crippen LogP contribution in [0.4, 0.5) is 0 Å². The molecule has 3 aromatic carbocycles. The first kappa shape index (κ1) is 26.9. The molecule has 9 nitrogen and oxygen atoms in total. The lowest BCUT2D eigenvalue weighted by Crippen LogP contribution is -2.36. The van der Waals surface area contributed by atoms with Gasteiger partial charge in [0, 0.05) is 15.3 Å². The first-order valence-electron chi connectivity index (χ1n) is 10.7. The molecule has 0 aliphatic rings. The van der Waals surface area contributed by atoms with Gasteiger partial charge in [-0.15, -0.1) is 16.2 Å². The van der Waals surface area contributed by atoms with Gasteiger partial charge in [-0.05, 0) is 49.7 Å². The Balaban J connectivity index is 1.76. The minimum atomic E-state index is -4.50. The molecule has 13 heteroatoms. The number of halogens is 1. The quantitative estimate of drug-likeness (QED) is 0.208. The number of hydrogen-bond acceptors (Lipinski definition) is 7. The third-order valence-electron chi connectivity index (χ3n) is 5.40. The van der Waals surface area contributed by atoms with Gasteiger partial charge in [0.15, 0.2) is 9.84 Å². The molecule has 4 aromatic rings. The van der Waals surface area contributed by atoms with Crippen molar-refractivity contribution in [3.05, 3.63) is 93.4 Å². The summed E-state index contributed by atoms with van der Waals surface area (Å²) in [6, 6.07) is 17.2. The second kappa shape index (κ2) is 10.3. The smallest absolute Gasteiger partial charge is 0.286 e. The van der Waals surface area contributed by atoms with E-state index in [1.165, 1.54) is 24.3 Å². The van der Waals surface area contributed by atoms with E-state index in [9.17, 15) is 21.6 Å². The molecule has 0 aliphatic carbocycles. The molecule has 192 valence electrons. The van der Waals surface area contributed by atoms with Crippen molar-refractivity contribution in [2.24, 2.45) is 10.1 Å². The molecule has 0 saturated heterocycles. The zero-order valence-corrected chi connectivity index (χ0v) is 22.8. The molecule has 0 unspecified atom stereocenters. The first-order chi connectivity index (χ1) is 17.4. The highest BCUT2D eigenvalue weighted by molar-refractivity contribution is 8.12. The van der Waals surface area contributed by atoms with Crippen molar-refractivity contribution in [3.63, 3.8) is 0 Å². The van der Waals surface area contributed by atoms with Crippen LogP contribution in [-0.4, -0.2) is 37.7 Å². The van der Waals surface area contributed by atoms with E-state index in [2.05, 4.69) is 9.50 Å². The van der Waals surface area contributed by atoms with Gasteiger partial charge in [0.1, 0.15) is 9.98 Å². The van der Waals surface area contributed by atoms with Crippen molar-refractivity contribution in [3.8, 4) is 0 Å². The van der Waals surface area contributed by atoms with Gasteiger partial charge in [-0.2, -0.15) is 18.2 Å². The van der Waals surface area contributed by atoms with Crippen LogP contribution in [0.25, 0.3) is 10.8 Å². The summed E-state index contributed by atoms with van der Waals surface area (Å²) in [6.07, 6.45) is 0. The molecule has 1 heterocycles. The molecule has 2 N–H and O–H groups in total. The molecule has 0 atom stereocenters. The minimum Gasteiger partial charge on any atom is -0.367 e. The number of benzene rings is 3. The number of sulfone groups is 1. The van der Waals surface area contributed by atoms with Crippen LogP contribution in [0.15, 0.2) is 90.6 Å². The predicted molar refractivity (Wildman–Crippen MR) is 145 cm³/mol. The molecule has 4 rings (SSSR count). The van der Waals surface area contributed by atoms with E-state index < -0.39 is 36.5 Å². The van der Waals surface area contributed by atoms with Gasteiger partial charge < -0.3 is 5.73 Å². The van der Waals surface area contributed by atoms with Crippen LogP contribution in [0.2, 0.25) is 5.02 Å². The second-order valence-electron chi connectivity index (χ2n) is 8.01. The fraction of sp³-hybridized carbons (Fsp3) is 0.125. The molecular weight excluding hydrogens is 556 g/mol. The van der Waals surface area contributed by atoms with Crippen molar-refractivity contribution in [1.82, 2.24) is 9.78 Å². The van der Waals surface area contributed by atoms with Crippen molar-refractivity contribution >= 4 is 60.0 Å². The van der Waals surface area contributed by atoms with Gasteiger partial charge in [0.2, 0.25) is 5.96 Å². The Bertz CT molecular complexity index is 1820. The second-order valence-corrected chi connectivity index (χ2v) is 13.4. The lowest BCUT2D eigenvalue weighted by Gasteiger charge is -2.12. The summed E-state index contributed by atoms with van der Waals surface area (Å²) >= 11 is 7.01. The predicted octanol–water partition coefficient (Wildman–Crippen LogP) is 3.74. The Morgan fingerprint density at radius 2 is 1.62 bits per heavy atom. The average Bonchev–Trinajstić information content (AvgIpc) is 2.87. The van der Waals surface area contributed by atoms with E-state index in [0.717, 1.165) is 16.4 Å². The number of rotatable bonds is 6. The topological polar surface area (TPSA) is 142 Å². The number of sulfonamides is 1. The zero-order valence-electron chi connectivity index (χ0n) is 19.6. The van der Waals surface area contributed by atoms with Gasteiger partial charge in [-0.25, -0.2) is 8.42 Å². The Hall–Kier alpha value is -3.19. The Kier molecular flexibility index (Phi) is 7.47. The molecule has 0 fully saturated rings. The van der Waals surface area contributed by atoms with Gasteiger partial charge in [0.05, 0.1) is 16.0 Å². The average molecular weight is 577 g/mol. The zero-order chi connectivity index (χ0) is 27.0. The summed E-state index contributed by atoms with van der Waals surface area (Å²) in [5, 5.41) is 4.82. The van der Waals surface area contributed by atoms with Crippen LogP contribution < -0.4 is 11.3 Å². The molecule has 0 aliphatic heterocycles. The van der Waals surface area contributed by atoms with E-state index >= 15 is 0 Å². The largest absolute Gasteiger partial charge is 0.367 e. The number of aryl methyl sites for hydroxylation is 2. The molecule has 0 bridgehead atoms. The number of fused-ring (bicyclic) bond motifs is 1. The number of nitrogens with two attached hydrogens (primary N) is 1. The summed E-state index contributed by atoms with van der Waals surface area (Å²) in [4.78, 5) is 12.8. The highest BCUT2D eigenvalue weighted by atomic mass is 35.5. The van der Waals surface area contributed by atoms with E-state index in [1.807, 2.05) is 0 Å². The summed E-state index contributed by atoms with van der Waals surface area (Å²) in [6.45, 7) is 3.26. The molecule has 37 heavy (non-hydrogen) atoms. The maximum absolute atomic E-state index is 13.3. The molecular formula is C24H21ClN4O5S3. The third-order valence-corrected chi connectivity index (χ3v) is 10.6. The Morgan fingerprint density at radius 1 is 1.00 bits per heavy atom. The van der Waals surface area contributed by atoms with Crippen LogP contribution in [0, 0.1) is 13.8 Å². The van der Waals surface area contributed by atoms with Gasteiger partial charge >= 0.3 is 0 Å². The van der Waals surface area contributed by atoms with Gasteiger partial charge in [0.25, 0.3) is 15.6 Å². The molecule has 0 spiro atoms. The molecule has 0 radical (unpaired) electrons. The van der Waals surface area contributed by atoms with Crippen LogP contribution in [0.1, 0.15) is 11.3 Å². The minimum absolute atomic E-state index is 0.0710. The third kappa shape index (κ3) is 5.57. The van der Waals surface area contributed by atoms with E-state index in [0.29, 0.717) is 22.0 Å². The normalized spacial score (nSPS) is 12.7. The fourth-order valence-corrected chi connectivity index (χ4v) is 7.93. The SMILES string of the molecule is Cc1cc(S(=O)(=O)/N=C(\N)n2nc(C)c3ccccc3c2=O)c(SCS(=O)(=O)c2ccccc2)cc1Cl. The summed E-state index contributed by atoms with van der Waals surface area (Å²) in [7, 11) is -8.24. The molecule has 1 aromatic heterocycles. The summed E-state index contributed by atoms with van der Waals surface area (Å²) in [5.74, 6) is -0.653. The van der Waals surface area contributed by atoms with E-state index in [1.54, 1.807) is 56.3 Å². The molecule has 0 amide bonds. The summed E-state index contributed by atoms with van der Waals surface area (Å²) < 4.78 is 56.6. The van der Waals surface area contributed by atoms with Crippen LogP contribution in [-0.2, 0) is 19.9 Å². The van der Waals surface area contributed by atoms with Crippen molar-refractivity contribution in [1.29, 1.82) is 0 Å². The maximum atomic E-state index is 13.3. The van der Waals surface area contributed by atoms with E-state index in [-0.39, 0.29) is 19.7 Å². The number of aromatic nitrogens is 2. The molecule has 0 saturated carbocycles. The van der Waals surface area contributed by atoms with Crippen molar-refractivity contribution in [2.45, 2.75) is 28.5 Å². The number of hydrogen-bond donors (Lipinski definition) is 1. The fourth-order valence-electron chi connectivity index (χ4n) is 3.50. The highest BCUT2D eigenvalue weighted by Crippen LogP contribution is 2.34. The standard InChI is InChI=1S/C24H21ClN4O5S3/c1-15-12-22(21(13-20(15)25)35-14-36(31,32)17-8-4-3-5-9-17)37(33,34)28-24(26)29-23(30)19-11-7-6-10-18(19)16(2)27-29/h3-13H,14H2,1-2H3,(H2,26,28). The lowest BCUT2D eigenvalue weighted by atomic mass is 10.1. The Morgan fingerprint density at radius 3 is 2.30 bits per heavy atom. The van der Waals surface area contributed by atoms with Crippen LogP contribution in [0.3, 0.4) is 0 Å².